The third kappa shape index (κ3) is 7.63. The van der Waals surface area contributed by atoms with Crippen LogP contribution in [0, 0.1) is 0 Å². The lowest BCUT2D eigenvalue weighted by Gasteiger charge is -2.25. The van der Waals surface area contributed by atoms with Gasteiger partial charge in [-0.1, -0.05) is 30.3 Å². The van der Waals surface area contributed by atoms with E-state index in [0.717, 1.165) is 74.1 Å². The number of pyridine rings is 2. The van der Waals surface area contributed by atoms with E-state index >= 15 is 0 Å². The highest BCUT2D eigenvalue weighted by Crippen LogP contribution is 2.22. The number of nitrogens with one attached hydrogen (secondary N) is 2. The van der Waals surface area contributed by atoms with Crippen LogP contribution >= 0.6 is 0 Å². The standard InChI is InChI=1S/C29H39N5O3/c1-36-21-20-34(18-6-5-10-24-13-12-23-9-7-16-30-27(23)32-24)19-15-26(29(35)37-2)33-28-25-11-4-3-8-22(25)14-17-31-28/h3-4,8,11-14,17,26H,5-7,9-10,15-16,18-21H2,1-2H3,(H,30,32)(H,31,33)/t26-/m0/s1. The minimum Gasteiger partial charge on any atom is -0.467 e. The number of aromatic nitrogens is 2. The first-order chi connectivity index (χ1) is 18.2. The number of esters is 1. The lowest BCUT2D eigenvalue weighted by molar-refractivity contribution is -0.141. The van der Waals surface area contributed by atoms with Crippen LogP contribution in [-0.2, 0) is 27.1 Å². The zero-order valence-corrected chi connectivity index (χ0v) is 22.0. The highest BCUT2D eigenvalue weighted by atomic mass is 16.5. The molecule has 0 radical (unpaired) electrons. The van der Waals surface area contributed by atoms with Gasteiger partial charge in [0.05, 0.1) is 13.7 Å². The summed E-state index contributed by atoms with van der Waals surface area (Å²) in [4.78, 5) is 24.3. The van der Waals surface area contributed by atoms with Crippen molar-refractivity contribution in [3.8, 4) is 0 Å². The van der Waals surface area contributed by atoms with Gasteiger partial charge in [-0.05, 0) is 68.2 Å². The van der Waals surface area contributed by atoms with Crippen LogP contribution in [0.5, 0.6) is 0 Å². The first-order valence-corrected chi connectivity index (χ1v) is 13.3. The van der Waals surface area contributed by atoms with Crippen LogP contribution in [-0.4, -0.2) is 73.9 Å². The van der Waals surface area contributed by atoms with Gasteiger partial charge < -0.3 is 25.0 Å². The summed E-state index contributed by atoms with van der Waals surface area (Å²) in [6, 6.07) is 13.9. The Kier molecular flexibility index (Phi) is 10.1. The number of hydrogen-bond acceptors (Lipinski definition) is 8. The molecule has 0 fully saturated rings. The molecule has 198 valence electrons. The molecule has 1 atom stereocenters. The highest BCUT2D eigenvalue weighted by molar-refractivity contribution is 5.93. The molecule has 4 rings (SSSR count). The van der Waals surface area contributed by atoms with E-state index in [1.54, 1.807) is 13.3 Å². The average Bonchev–Trinajstić information content (AvgIpc) is 2.95. The Morgan fingerprint density at radius 2 is 2.00 bits per heavy atom. The number of unbranched alkanes of at least 4 members (excludes halogenated alkanes) is 1. The number of rotatable bonds is 14. The fourth-order valence-electron chi connectivity index (χ4n) is 4.81. The van der Waals surface area contributed by atoms with Gasteiger partial charge in [0, 0.05) is 44.0 Å². The second-order valence-corrected chi connectivity index (χ2v) is 9.52. The second-order valence-electron chi connectivity index (χ2n) is 9.52. The van der Waals surface area contributed by atoms with Crippen LogP contribution in [0.25, 0.3) is 10.8 Å². The number of benzene rings is 1. The Hall–Kier alpha value is -3.23. The summed E-state index contributed by atoms with van der Waals surface area (Å²) in [5.41, 5.74) is 2.47. The first kappa shape index (κ1) is 26.8. The van der Waals surface area contributed by atoms with E-state index in [2.05, 4.69) is 32.7 Å². The Labute approximate surface area is 219 Å². The predicted molar refractivity (Wildman–Crippen MR) is 148 cm³/mol. The summed E-state index contributed by atoms with van der Waals surface area (Å²) in [5.74, 6) is 1.48. The Balaban J connectivity index is 1.31. The van der Waals surface area contributed by atoms with Crippen molar-refractivity contribution in [1.29, 1.82) is 0 Å². The number of hydrogen-bond donors (Lipinski definition) is 2. The fraction of sp³-hybridized carbons (Fsp3) is 0.483. The van der Waals surface area contributed by atoms with Gasteiger partial charge >= 0.3 is 5.97 Å². The molecule has 0 saturated heterocycles. The lowest BCUT2D eigenvalue weighted by Crippen LogP contribution is -2.37. The second kappa shape index (κ2) is 13.9. The van der Waals surface area contributed by atoms with E-state index in [-0.39, 0.29) is 5.97 Å². The molecule has 2 aromatic heterocycles. The molecule has 0 unspecified atom stereocenters. The van der Waals surface area contributed by atoms with Crippen molar-refractivity contribution in [3.63, 3.8) is 0 Å². The highest BCUT2D eigenvalue weighted by Gasteiger charge is 2.21. The number of fused-ring (bicyclic) bond motifs is 2. The molecular formula is C29H39N5O3. The number of aryl methyl sites for hydroxylation is 2. The maximum Gasteiger partial charge on any atom is 0.328 e. The third-order valence-corrected chi connectivity index (χ3v) is 6.93. The van der Waals surface area contributed by atoms with Crippen LogP contribution < -0.4 is 10.6 Å². The van der Waals surface area contributed by atoms with Gasteiger partial charge in [-0.25, -0.2) is 14.8 Å². The maximum atomic E-state index is 12.6. The van der Waals surface area contributed by atoms with Gasteiger partial charge in [0.2, 0.25) is 0 Å². The first-order valence-electron chi connectivity index (χ1n) is 13.3. The summed E-state index contributed by atoms with van der Waals surface area (Å²) in [5, 5.41) is 8.83. The van der Waals surface area contributed by atoms with E-state index in [1.165, 1.54) is 19.1 Å². The van der Waals surface area contributed by atoms with Gasteiger partial charge in [0.15, 0.2) is 0 Å². The molecular weight excluding hydrogens is 466 g/mol. The summed E-state index contributed by atoms with van der Waals surface area (Å²) in [6.07, 6.45) is 7.74. The molecule has 2 N–H and O–H groups in total. The molecule has 0 saturated carbocycles. The monoisotopic (exact) mass is 505 g/mol. The van der Waals surface area contributed by atoms with Gasteiger partial charge in [0.25, 0.3) is 0 Å². The van der Waals surface area contributed by atoms with Gasteiger partial charge in [-0.2, -0.15) is 0 Å². The van der Waals surface area contributed by atoms with E-state index in [9.17, 15) is 4.79 Å². The van der Waals surface area contributed by atoms with Crippen molar-refractivity contribution in [2.24, 2.45) is 0 Å². The number of carbonyl (C=O) groups is 1. The van der Waals surface area contributed by atoms with E-state index in [0.29, 0.717) is 18.8 Å². The molecule has 0 bridgehead atoms. The molecule has 8 heteroatoms. The summed E-state index contributed by atoms with van der Waals surface area (Å²) in [7, 11) is 3.15. The zero-order chi connectivity index (χ0) is 25.9. The molecule has 1 aliphatic heterocycles. The molecule has 3 heterocycles. The molecule has 3 aromatic rings. The smallest absolute Gasteiger partial charge is 0.328 e. The van der Waals surface area contributed by atoms with Gasteiger partial charge in [-0.3, -0.25) is 0 Å². The van der Waals surface area contributed by atoms with Crippen LogP contribution in [0.4, 0.5) is 11.6 Å². The molecule has 0 aliphatic carbocycles. The van der Waals surface area contributed by atoms with Crippen LogP contribution in [0.1, 0.15) is 36.9 Å². The fourth-order valence-corrected chi connectivity index (χ4v) is 4.81. The maximum absolute atomic E-state index is 12.6. The Morgan fingerprint density at radius 1 is 1.11 bits per heavy atom. The average molecular weight is 506 g/mol. The van der Waals surface area contributed by atoms with Gasteiger partial charge in [0.1, 0.15) is 17.7 Å². The molecule has 0 amide bonds. The van der Waals surface area contributed by atoms with Crippen LogP contribution in [0.3, 0.4) is 0 Å². The van der Waals surface area contributed by atoms with E-state index < -0.39 is 6.04 Å². The molecule has 8 nitrogen and oxygen atoms in total. The van der Waals surface area contributed by atoms with E-state index in [1.807, 2.05) is 30.3 Å². The molecule has 37 heavy (non-hydrogen) atoms. The summed E-state index contributed by atoms with van der Waals surface area (Å²) >= 11 is 0. The Bertz CT molecular complexity index is 1150. The number of anilines is 2. The Morgan fingerprint density at radius 3 is 2.86 bits per heavy atom. The summed E-state index contributed by atoms with van der Waals surface area (Å²) < 4.78 is 10.5. The van der Waals surface area contributed by atoms with Crippen molar-refractivity contribution in [1.82, 2.24) is 14.9 Å². The number of methoxy groups -OCH3 is 2. The number of ether oxygens (including phenoxy) is 2. The van der Waals surface area contributed by atoms with Crippen molar-refractivity contribution in [3.05, 3.63) is 59.9 Å². The quantitative estimate of drug-likeness (QED) is 0.248. The minimum absolute atomic E-state index is 0.284. The molecule has 1 aromatic carbocycles. The topological polar surface area (TPSA) is 88.6 Å². The van der Waals surface area contributed by atoms with Crippen molar-refractivity contribution >= 4 is 28.4 Å². The van der Waals surface area contributed by atoms with Crippen LogP contribution in [0.2, 0.25) is 0 Å². The lowest BCUT2D eigenvalue weighted by atomic mass is 10.1. The van der Waals surface area contributed by atoms with E-state index in [4.69, 9.17) is 14.5 Å². The van der Waals surface area contributed by atoms with Crippen LogP contribution in [0.15, 0.2) is 48.7 Å². The molecule has 0 spiro atoms. The zero-order valence-electron chi connectivity index (χ0n) is 22.0. The predicted octanol–water partition coefficient (Wildman–Crippen LogP) is 4.30. The third-order valence-electron chi connectivity index (χ3n) is 6.93. The normalized spacial score (nSPS) is 13.7. The van der Waals surface area contributed by atoms with Crippen molar-refractivity contribution in [2.45, 2.75) is 44.6 Å². The number of nitrogens with zero attached hydrogens (tertiary/aromatic N) is 3. The SMILES string of the molecule is COCCN(CCCCc1ccc2c(n1)NCCC2)CC[C@H](Nc1nccc2ccccc12)C(=O)OC. The number of carbonyl (C=O) groups excluding carboxylic acids is 1. The van der Waals surface area contributed by atoms with Gasteiger partial charge in [-0.15, -0.1) is 0 Å². The largest absolute Gasteiger partial charge is 0.467 e. The summed E-state index contributed by atoms with van der Waals surface area (Å²) in [6.45, 7) is 4.17. The molecule has 1 aliphatic rings. The van der Waals surface area contributed by atoms with Crippen molar-refractivity contribution < 1.29 is 14.3 Å². The minimum atomic E-state index is -0.486. The van der Waals surface area contributed by atoms with Crippen molar-refractivity contribution in [2.75, 3.05) is 57.6 Å².